The molecule has 0 radical (unpaired) electrons. The molecule has 0 aliphatic rings. The van der Waals surface area contributed by atoms with Crippen molar-refractivity contribution in [2.45, 2.75) is 0 Å². The number of amides is 1. The third-order valence-electron chi connectivity index (χ3n) is 3.47. The minimum atomic E-state index is -1.14. The van der Waals surface area contributed by atoms with Crippen molar-refractivity contribution >= 4 is 44.1 Å². The van der Waals surface area contributed by atoms with Gasteiger partial charge in [-0.05, 0) is 35.9 Å². The molecule has 2 N–H and O–H groups in total. The second kappa shape index (κ2) is 7.16. The van der Waals surface area contributed by atoms with Crippen LogP contribution in [0.25, 0.3) is 11.1 Å². The van der Waals surface area contributed by atoms with Crippen molar-refractivity contribution in [1.82, 2.24) is 0 Å². The van der Waals surface area contributed by atoms with Crippen LogP contribution in [0, 0.1) is 5.82 Å². The van der Waals surface area contributed by atoms with Gasteiger partial charge in [-0.25, -0.2) is 9.18 Å². The van der Waals surface area contributed by atoms with Crippen molar-refractivity contribution in [1.29, 1.82) is 0 Å². The van der Waals surface area contributed by atoms with E-state index in [0.29, 0.717) is 5.56 Å². The number of hydrogen-bond donors (Lipinski definition) is 2. The number of hydrogen-bond acceptors (Lipinski definition) is 3. The number of carboxylic acids is 1. The average Bonchev–Trinajstić information content (AvgIpc) is 2.99. The van der Waals surface area contributed by atoms with E-state index in [1.165, 1.54) is 18.2 Å². The summed E-state index contributed by atoms with van der Waals surface area (Å²) in [6.45, 7) is 0. The minimum Gasteiger partial charge on any atom is -0.478 e. The fourth-order valence-corrected chi connectivity index (χ4v) is 3.53. The van der Waals surface area contributed by atoms with Gasteiger partial charge in [0.2, 0.25) is 0 Å². The summed E-state index contributed by atoms with van der Waals surface area (Å²) in [5.41, 5.74) is 1.37. The maximum atomic E-state index is 13.3. The normalized spacial score (nSPS) is 10.5. The van der Waals surface area contributed by atoms with Crippen LogP contribution in [-0.2, 0) is 0 Å². The molecule has 0 aliphatic heterocycles. The van der Waals surface area contributed by atoms with Crippen molar-refractivity contribution in [2.24, 2.45) is 0 Å². The fourth-order valence-electron chi connectivity index (χ4n) is 2.31. The first kappa shape index (κ1) is 17.3. The highest BCUT2D eigenvalue weighted by atomic mass is 79.9. The Morgan fingerprint density at radius 1 is 1.12 bits per heavy atom. The molecule has 0 aliphatic carbocycles. The number of carbonyl (C=O) groups excluding carboxylic acids is 1. The van der Waals surface area contributed by atoms with Crippen LogP contribution in [0.3, 0.4) is 0 Å². The summed E-state index contributed by atoms with van der Waals surface area (Å²) in [6.07, 6.45) is 0. The predicted octanol–water partition coefficient (Wildman–Crippen LogP) is 5.27. The lowest BCUT2D eigenvalue weighted by Gasteiger charge is -2.06. The first-order valence-corrected chi connectivity index (χ1v) is 8.80. The van der Waals surface area contributed by atoms with Crippen molar-refractivity contribution in [3.63, 3.8) is 0 Å². The van der Waals surface area contributed by atoms with Gasteiger partial charge in [-0.2, -0.15) is 0 Å². The van der Waals surface area contributed by atoms with Crippen LogP contribution < -0.4 is 5.32 Å². The van der Waals surface area contributed by atoms with E-state index in [9.17, 15) is 19.1 Å². The monoisotopic (exact) mass is 419 g/mol. The van der Waals surface area contributed by atoms with E-state index in [1.807, 2.05) is 12.1 Å². The smallest absolute Gasteiger partial charge is 0.339 e. The summed E-state index contributed by atoms with van der Waals surface area (Å²) in [5.74, 6) is -2.24. The molecule has 0 bridgehead atoms. The SMILES string of the molecule is O=C(Nc1scc(-c2ccc(Br)cc2)c1C(=O)O)c1cccc(F)c1. The molecule has 3 rings (SSSR count). The van der Waals surface area contributed by atoms with Crippen LogP contribution in [0.1, 0.15) is 20.7 Å². The van der Waals surface area contributed by atoms with E-state index in [-0.39, 0.29) is 16.1 Å². The molecule has 1 heterocycles. The van der Waals surface area contributed by atoms with Crippen molar-refractivity contribution < 1.29 is 19.1 Å². The Balaban J connectivity index is 1.96. The third kappa shape index (κ3) is 3.78. The number of benzene rings is 2. The van der Waals surface area contributed by atoms with E-state index < -0.39 is 17.7 Å². The third-order valence-corrected chi connectivity index (χ3v) is 4.90. The number of anilines is 1. The van der Waals surface area contributed by atoms with E-state index in [4.69, 9.17) is 0 Å². The van der Waals surface area contributed by atoms with Crippen LogP contribution >= 0.6 is 27.3 Å². The van der Waals surface area contributed by atoms with Gasteiger partial charge in [0.05, 0.1) is 0 Å². The second-order valence-electron chi connectivity index (χ2n) is 5.13. The van der Waals surface area contributed by atoms with Gasteiger partial charge in [0, 0.05) is 21.0 Å². The number of halogens is 2. The summed E-state index contributed by atoms with van der Waals surface area (Å²) in [4.78, 5) is 24.0. The largest absolute Gasteiger partial charge is 0.478 e. The lowest BCUT2D eigenvalue weighted by atomic mass is 10.0. The maximum absolute atomic E-state index is 13.3. The summed E-state index contributed by atoms with van der Waals surface area (Å²) in [5, 5.41) is 14.0. The number of thiophene rings is 1. The average molecular weight is 420 g/mol. The molecule has 0 saturated carbocycles. The molecule has 3 aromatic rings. The summed E-state index contributed by atoms with van der Waals surface area (Å²) in [7, 11) is 0. The molecule has 4 nitrogen and oxygen atoms in total. The Morgan fingerprint density at radius 2 is 1.84 bits per heavy atom. The minimum absolute atomic E-state index is 0.0112. The lowest BCUT2D eigenvalue weighted by molar-refractivity contribution is 0.0699. The zero-order valence-corrected chi connectivity index (χ0v) is 15.0. The molecule has 2 aromatic carbocycles. The van der Waals surface area contributed by atoms with Gasteiger partial charge >= 0.3 is 5.97 Å². The fraction of sp³-hybridized carbons (Fsp3) is 0. The van der Waals surface area contributed by atoms with Gasteiger partial charge in [-0.15, -0.1) is 11.3 Å². The highest BCUT2D eigenvalue weighted by Crippen LogP contribution is 2.36. The number of carbonyl (C=O) groups is 2. The van der Waals surface area contributed by atoms with E-state index in [1.54, 1.807) is 17.5 Å². The highest BCUT2D eigenvalue weighted by Gasteiger charge is 2.21. The molecule has 1 aromatic heterocycles. The molecule has 0 saturated heterocycles. The molecule has 25 heavy (non-hydrogen) atoms. The van der Waals surface area contributed by atoms with Gasteiger partial charge in [0.1, 0.15) is 16.4 Å². The van der Waals surface area contributed by atoms with E-state index >= 15 is 0 Å². The zero-order valence-electron chi connectivity index (χ0n) is 12.6. The van der Waals surface area contributed by atoms with Crippen molar-refractivity contribution in [3.05, 3.63) is 75.3 Å². The molecule has 0 spiro atoms. The summed E-state index contributed by atoms with van der Waals surface area (Å²) < 4.78 is 14.1. The zero-order chi connectivity index (χ0) is 18.0. The van der Waals surface area contributed by atoms with Gasteiger partial charge < -0.3 is 10.4 Å². The second-order valence-corrected chi connectivity index (χ2v) is 6.93. The molecule has 0 unspecified atom stereocenters. The van der Waals surface area contributed by atoms with E-state index in [0.717, 1.165) is 27.4 Å². The molecule has 1 amide bonds. The summed E-state index contributed by atoms with van der Waals surface area (Å²) in [6, 6.07) is 12.4. The van der Waals surface area contributed by atoms with Crippen LogP contribution in [0.2, 0.25) is 0 Å². The number of carboxylic acid groups (broad SMARTS) is 1. The Morgan fingerprint density at radius 3 is 2.48 bits per heavy atom. The maximum Gasteiger partial charge on any atom is 0.339 e. The molecule has 126 valence electrons. The van der Waals surface area contributed by atoms with E-state index in [2.05, 4.69) is 21.2 Å². The predicted molar refractivity (Wildman–Crippen MR) is 98.8 cm³/mol. The highest BCUT2D eigenvalue weighted by molar-refractivity contribution is 9.10. The Bertz CT molecular complexity index is 953. The summed E-state index contributed by atoms with van der Waals surface area (Å²) >= 11 is 4.45. The Kier molecular flexibility index (Phi) is 4.96. The van der Waals surface area contributed by atoms with Crippen LogP contribution in [0.15, 0.2) is 58.4 Å². The number of rotatable bonds is 4. The van der Waals surface area contributed by atoms with Gasteiger partial charge in [-0.3, -0.25) is 4.79 Å². The Hall–Kier alpha value is -2.51. The number of nitrogens with one attached hydrogen (secondary N) is 1. The molecule has 0 fully saturated rings. The van der Waals surface area contributed by atoms with Crippen molar-refractivity contribution in [2.75, 3.05) is 5.32 Å². The topological polar surface area (TPSA) is 66.4 Å². The number of aromatic carboxylic acids is 1. The first-order chi connectivity index (χ1) is 12.0. The van der Waals surface area contributed by atoms with Gasteiger partial charge in [0.25, 0.3) is 5.91 Å². The first-order valence-electron chi connectivity index (χ1n) is 7.13. The van der Waals surface area contributed by atoms with Gasteiger partial charge in [-0.1, -0.05) is 34.1 Å². The van der Waals surface area contributed by atoms with Crippen LogP contribution in [-0.4, -0.2) is 17.0 Å². The van der Waals surface area contributed by atoms with Gasteiger partial charge in [0.15, 0.2) is 0 Å². The Labute approximate surface area is 155 Å². The molecular weight excluding hydrogens is 409 g/mol. The molecular formula is C18H11BrFNO3S. The molecule has 0 atom stereocenters. The van der Waals surface area contributed by atoms with Crippen LogP contribution in [0.5, 0.6) is 0 Å². The quantitative estimate of drug-likeness (QED) is 0.605. The van der Waals surface area contributed by atoms with Crippen molar-refractivity contribution in [3.8, 4) is 11.1 Å². The van der Waals surface area contributed by atoms with Crippen LogP contribution in [0.4, 0.5) is 9.39 Å². The standard InChI is InChI=1S/C18H11BrFNO3S/c19-12-6-4-10(5-7-12)14-9-25-17(15(14)18(23)24)21-16(22)11-2-1-3-13(20)8-11/h1-9H,(H,21,22)(H,23,24). The lowest BCUT2D eigenvalue weighted by Crippen LogP contribution is -2.13. The molecule has 7 heteroatoms.